The van der Waals surface area contributed by atoms with Crippen molar-refractivity contribution in [2.45, 2.75) is 32.6 Å². The van der Waals surface area contributed by atoms with Crippen LogP contribution in [0.1, 0.15) is 32.6 Å². The van der Waals surface area contributed by atoms with Gasteiger partial charge in [0, 0.05) is 18.7 Å². The third kappa shape index (κ3) is 3.06. The molecule has 0 saturated heterocycles. The lowest BCUT2D eigenvalue weighted by molar-refractivity contribution is 0.303. The molecule has 18 heavy (non-hydrogen) atoms. The Hall–Kier alpha value is -1.45. The molecule has 1 aromatic carbocycles. The van der Waals surface area contributed by atoms with Crippen molar-refractivity contribution in [3.05, 3.63) is 17.9 Å². The number of hydrogen-bond donors (Lipinski definition) is 2. The van der Waals surface area contributed by atoms with Crippen molar-refractivity contribution < 1.29 is 9.13 Å². The highest BCUT2D eigenvalue weighted by Gasteiger charge is 2.16. The first kappa shape index (κ1) is 13.0. The summed E-state index contributed by atoms with van der Waals surface area (Å²) in [5.41, 5.74) is 6.99. The van der Waals surface area contributed by atoms with E-state index in [4.69, 9.17) is 10.5 Å². The molecule has 0 bridgehead atoms. The van der Waals surface area contributed by atoms with Crippen LogP contribution >= 0.6 is 0 Å². The highest BCUT2D eigenvalue weighted by Crippen LogP contribution is 2.31. The lowest BCUT2D eigenvalue weighted by Crippen LogP contribution is -2.16. The van der Waals surface area contributed by atoms with Crippen LogP contribution in [0, 0.1) is 11.7 Å². The Morgan fingerprint density at radius 1 is 1.44 bits per heavy atom. The van der Waals surface area contributed by atoms with Crippen LogP contribution < -0.4 is 15.8 Å². The SMILES string of the molecule is CCOc1cc(NCCC2CCC2)c(N)cc1F. The van der Waals surface area contributed by atoms with Gasteiger partial charge in [0.1, 0.15) is 0 Å². The second-order valence-electron chi connectivity index (χ2n) is 4.82. The third-order valence-electron chi connectivity index (χ3n) is 3.50. The Kier molecular flexibility index (Phi) is 4.28. The minimum absolute atomic E-state index is 0.262. The maximum Gasteiger partial charge on any atom is 0.167 e. The molecule has 4 heteroatoms. The maximum atomic E-state index is 13.5. The molecule has 0 spiro atoms. The smallest absolute Gasteiger partial charge is 0.167 e. The summed E-state index contributed by atoms with van der Waals surface area (Å²) in [5, 5.41) is 3.27. The van der Waals surface area contributed by atoms with Gasteiger partial charge >= 0.3 is 0 Å². The summed E-state index contributed by atoms with van der Waals surface area (Å²) in [5.74, 6) is 0.710. The molecule has 1 fully saturated rings. The first-order chi connectivity index (χ1) is 8.70. The molecule has 0 aliphatic heterocycles. The van der Waals surface area contributed by atoms with Crippen molar-refractivity contribution >= 4 is 11.4 Å². The average Bonchev–Trinajstić information content (AvgIpc) is 2.27. The molecule has 1 saturated carbocycles. The summed E-state index contributed by atoms with van der Waals surface area (Å²) in [6, 6.07) is 2.96. The second kappa shape index (κ2) is 5.94. The van der Waals surface area contributed by atoms with Gasteiger partial charge in [-0.05, 0) is 19.3 Å². The molecule has 0 heterocycles. The Morgan fingerprint density at radius 2 is 2.22 bits per heavy atom. The molecule has 0 aromatic heterocycles. The van der Waals surface area contributed by atoms with E-state index in [-0.39, 0.29) is 5.75 Å². The third-order valence-corrected chi connectivity index (χ3v) is 3.50. The van der Waals surface area contributed by atoms with Gasteiger partial charge in [-0.3, -0.25) is 0 Å². The van der Waals surface area contributed by atoms with Crippen LogP contribution in [-0.4, -0.2) is 13.2 Å². The predicted octanol–water partition coefficient (Wildman–Crippen LogP) is 3.41. The van der Waals surface area contributed by atoms with Gasteiger partial charge in [0.15, 0.2) is 11.6 Å². The monoisotopic (exact) mass is 252 g/mol. The van der Waals surface area contributed by atoms with E-state index in [2.05, 4.69) is 5.32 Å². The number of benzene rings is 1. The van der Waals surface area contributed by atoms with Crippen LogP contribution in [0.2, 0.25) is 0 Å². The Balaban J connectivity index is 1.94. The standard InChI is InChI=1S/C14H21FN2O/c1-2-18-14-9-13(12(16)8-11(14)15)17-7-6-10-4-3-5-10/h8-10,17H,2-7,16H2,1H3. The number of ether oxygens (including phenoxy) is 1. The van der Waals surface area contributed by atoms with Crippen molar-refractivity contribution in [1.29, 1.82) is 0 Å². The molecule has 100 valence electrons. The van der Waals surface area contributed by atoms with Gasteiger partial charge in [0.25, 0.3) is 0 Å². The van der Waals surface area contributed by atoms with Gasteiger partial charge in [0.05, 0.1) is 18.0 Å². The van der Waals surface area contributed by atoms with Gasteiger partial charge in [-0.2, -0.15) is 0 Å². The highest BCUT2D eigenvalue weighted by atomic mass is 19.1. The quantitative estimate of drug-likeness (QED) is 0.763. The summed E-state index contributed by atoms with van der Waals surface area (Å²) in [6.07, 6.45) is 5.19. The van der Waals surface area contributed by atoms with Gasteiger partial charge in [-0.1, -0.05) is 19.3 Å². The number of halogens is 1. The van der Waals surface area contributed by atoms with Crippen molar-refractivity contribution in [2.24, 2.45) is 5.92 Å². The number of anilines is 2. The van der Waals surface area contributed by atoms with Crippen LogP contribution in [0.15, 0.2) is 12.1 Å². The molecule has 0 radical (unpaired) electrons. The van der Waals surface area contributed by atoms with Crippen LogP contribution in [0.4, 0.5) is 15.8 Å². The number of nitrogens with two attached hydrogens (primary N) is 1. The summed E-state index contributed by atoms with van der Waals surface area (Å²) in [4.78, 5) is 0. The molecule has 1 aliphatic carbocycles. The predicted molar refractivity (Wildman–Crippen MR) is 72.4 cm³/mol. The molecular formula is C14H21FN2O. The normalized spacial score (nSPS) is 15.2. The van der Waals surface area contributed by atoms with Crippen LogP contribution in [0.25, 0.3) is 0 Å². The molecule has 1 aromatic rings. The molecule has 3 nitrogen and oxygen atoms in total. The lowest BCUT2D eigenvalue weighted by atomic mass is 9.83. The first-order valence-corrected chi connectivity index (χ1v) is 6.66. The first-order valence-electron chi connectivity index (χ1n) is 6.66. The van der Waals surface area contributed by atoms with Gasteiger partial charge in [-0.25, -0.2) is 4.39 Å². The Labute approximate surface area is 108 Å². The van der Waals surface area contributed by atoms with E-state index in [0.717, 1.165) is 24.6 Å². The minimum Gasteiger partial charge on any atom is -0.491 e. The lowest BCUT2D eigenvalue weighted by Gasteiger charge is -2.25. The fraction of sp³-hybridized carbons (Fsp3) is 0.571. The van der Waals surface area contributed by atoms with E-state index < -0.39 is 5.82 Å². The van der Waals surface area contributed by atoms with Crippen LogP contribution in [0.5, 0.6) is 5.75 Å². The molecule has 1 aliphatic rings. The fourth-order valence-electron chi connectivity index (χ4n) is 2.18. The van der Waals surface area contributed by atoms with Gasteiger partial charge in [0.2, 0.25) is 0 Å². The zero-order valence-electron chi connectivity index (χ0n) is 10.8. The van der Waals surface area contributed by atoms with Crippen LogP contribution in [-0.2, 0) is 0 Å². The molecule has 3 N–H and O–H groups in total. The van der Waals surface area contributed by atoms with E-state index in [0.29, 0.717) is 12.3 Å². The molecule has 0 unspecified atom stereocenters. The van der Waals surface area contributed by atoms with Crippen molar-refractivity contribution in [1.82, 2.24) is 0 Å². The largest absolute Gasteiger partial charge is 0.491 e. The average molecular weight is 252 g/mol. The molecule has 2 rings (SSSR count). The van der Waals surface area contributed by atoms with E-state index in [1.54, 1.807) is 6.07 Å². The van der Waals surface area contributed by atoms with Crippen LogP contribution in [0.3, 0.4) is 0 Å². The van der Waals surface area contributed by atoms with E-state index in [1.807, 2.05) is 6.92 Å². The van der Waals surface area contributed by atoms with Gasteiger partial charge in [-0.15, -0.1) is 0 Å². The maximum absolute atomic E-state index is 13.5. The van der Waals surface area contributed by atoms with Crippen molar-refractivity contribution in [2.75, 3.05) is 24.2 Å². The minimum atomic E-state index is -0.404. The molecule has 0 amide bonds. The highest BCUT2D eigenvalue weighted by molar-refractivity contribution is 5.68. The number of nitrogen functional groups attached to an aromatic ring is 1. The van der Waals surface area contributed by atoms with Crippen molar-refractivity contribution in [3.8, 4) is 5.75 Å². The topological polar surface area (TPSA) is 47.3 Å². The zero-order valence-corrected chi connectivity index (χ0v) is 10.8. The Bertz CT molecular complexity index is 405. The van der Waals surface area contributed by atoms with E-state index in [9.17, 15) is 4.39 Å². The summed E-state index contributed by atoms with van der Waals surface area (Å²) in [6.45, 7) is 3.16. The summed E-state index contributed by atoms with van der Waals surface area (Å²) < 4.78 is 18.7. The fourth-order valence-corrected chi connectivity index (χ4v) is 2.18. The summed E-state index contributed by atoms with van der Waals surface area (Å²) >= 11 is 0. The number of nitrogens with one attached hydrogen (secondary N) is 1. The van der Waals surface area contributed by atoms with E-state index in [1.165, 1.54) is 25.3 Å². The summed E-state index contributed by atoms with van der Waals surface area (Å²) in [7, 11) is 0. The Morgan fingerprint density at radius 3 is 2.83 bits per heavy atom. The molecular weight excluding hydrogens is 231 g/mol. The van der Waals surface area contributed by atoms with Gasteiger partial charge < -0.3 is 15.8 Å². The number of rotatable bonds is 6. The van der Waals surface area contributed by atoms with E-state index >= 15 is 0 Å². The second-order valence-corrected chi connectivity index (χ2v) is 4.82. The van der Waals surface area contributed by atoms with Crippen molar-refractivity contribution in [3.63, 3.8) is 0 Å². The zero-order chi connectivity index (χ0) is 13.0. The molecule has 0 atom stereocenters. The number of hydrogen-bond acceptors (Lipinski definition) is 3.